The predicted octanol–water partition coefficient (Wildman–Crippen LogP) is 0.675. The number of piperazine rings is 1. The van der Waals surface area contributed by atoms with E-state index in [9.17, 15) is 5.11 Å². The van der Waals surface area contributed by atoms with E-state index in [1.807, 2.05) is 6.92 Å². The number of aliphatic hydroxyl groups excluding tert-OH is 1. The van der Waals surface area contributed by atoms with Crippen LogP contribution < -0.4 is 0 Å². The zero-order chi connectivity index (χ0) is 12.1. The first-order valence-electron chi connectivity index (χ1n) is 6.16. The Labute approximate surface area is 98.5 Å². The van der Waals surface area contributed by atoms with Crippen molar-refractivity contribution in [2.45, 2.75) is 45.4 Å². The zero-order valence-electron chi connectivity index (χ0n) is 10.6. The molecular weight excluding hydrogens is 202 g/mol. The van der Waals surface area contributed by atoms with Gasteiger partial charge in [0.05, 0.1) is 18.2 Å². The molecule has 92 valence electrons. The van der Waals surface area contributed by atoms with Crippen LogP contribution in [0.2, 0.25) is 0 Å². The number of rotatable bonds is 4. The van der Waals surface area contributed by atoms with E-state index >= 15 is 0 Å². The maximum absolute atomic E-state index is 9.53. The van der Waals surface area contributed by atoms with Crippen LogP contribution in [0.15, 0.2) is 0 Å². The number of hydrogen-bond acceptors (Lipinski definition) is 4. The molecule has 0 aliphatic carbocycles. The Kier molecular flexibility index (Phi) is 5.20. The summed E-state index contributed by atoms with van der Waals surface area (Å²) in [5.74, 6) is 0. The fourth-order valence-electron chi connectivity index (χ4n) is 2.19. The largest absolute Gasteiger partial charge is 0.392 e. The van der Waals surface area contributed by atoms with Crippen LogP contribution in [0.1, 0.15) is 27.2 Å². The summed E-state index contributed by atoms with van der Waals surface area (Å²) < 4.78 is 0. The molecule has 1 aliphatic rings. The van der Waals surface area contributed by atoms with Crippen molar-refractivity contribution >= 4 is 0 Å². The first kappa shape index (κ1) is 13.4. The van der Waals surface area contributed by atoms with Crippen LogP contribution in [-0.2, 0) is 0 Å². The molecule has 1 N–H and O–H groups in total. The summed E-state index contributed by atoms with van der Waals surface area (Å²) in [4.78, 5) is 4.54. The average molecular weight is 225 g/mol. The molecule has 1 aliphatic heterocycles. The predicted molar refractivity (Wildman–Crippen MR) is 64.0 cm³/mol. The molecule has 0 spiro atoms. The molecule has 16 heavy (non-hydrogen) atoms. The van der Waals surface area contributed by atoms with Gasteiger partial charge in [0.1, 0.15) is 0 Å². The molecular formula is C12H23N3O. The molecule has 0 aromatic carbocycles. The van der Waals surface area contributed by atoms with Gasteiger partial charge in [-0.25, -0.2) is 0 Å². The van der Waals surface area contributed by atoms with Gasteiger partial charge < -0.3 is 5.11 Å². The fraction of sp³-hybridized carbons (Fsp3) is 0.917. The number of nitriles is 1. The van der Waals surface area contributed by atoms with Crippen molar-refractivity contribution in [1.82, 2.24) is 9.80 Å². The highest BCUT2D eigenvalue weighted by Gasteiger charge is 2.26. The van der Waals surface area contributed by atoms with Crippen LogP contribution in [0.4, 0.5) is 0 Å². The highest BCUT2D eigenvalue weighted by molar-refractivity contribution is 4.93. The second-order valence-corrected chi connectivity index (χ2v) is 4.61. The highest BCUT2D eigenvalue weighted by atomic mass is 16.3. The van der Waals surface area contributed by atoms with E-state index in [0.29, 0.717) is 0 Å². The summed E-state index contributed by atoms with van der Waals surface area (Å²) in [6.07, 6.45) is 0.604. The maximum Gasteiger partial charge on any atom is 0.0976 e. The van der Waals surface area contributed by atoms with Crippen molar-refractivity contribution in [1.29, 1.82) is 5.26 Å². The second-order valence-electron chi connectivity index (χ2n) is 4.61. The summed E-state index contributed by atoms with van der Waals surface area (Å²) in [5.41, 5.74) is 0. The van der Waals surface area contributed by atoms with Crippen molar-refractivity contribution in [2.75, 3.05) is 26.2 Å². The number of aliphatic hydroxyl groups is 1. The van der Waals surface area contributed by atoms with E-state index < -0.39 is 0 Å². The van der Waals surface area contributed by atoms with Crippen LogP contribution in [0, 0.1) is 11.3 Å². The van der Waals surface area contributed by atoms with E-state index in [1.54, 1.807) is 0 Å². The van der Waals surface area contributed by atoms with E-state index in [0.717, 1.165) is 32.6 Å². The van der Waals surface area contributed by atoms with Crippen molar-refractivity contribution in [3.8, 4) is 6.07 Å². The Hall–Kier alpha value is -0.630. The van der Waals surface area contributed by atoms with Gasteiger partial charge in [-0.3, -0.25) is 9.80 Å². The third-order valence-corrected chi connectivity index (χ3v) is 3.60. The molecule has 0 radical (unpaired) electrons. The molecule has 0 amide bonds. The average Bonchev–Trinajstić information content (AvgIpc) is 2.30. The molecule has 1 rings (SSSR count). The minimum atomic E-state index is -0.288. The smallest absolute Gasteiger partial charge is 0.0976 e. The SMILES string of the molecule is CCC(C#N)N1CCN(C(C)C(C)O)CC1. The molecule has 1 saturated heterocycles. The summed E-state index contributed by atoms with van der Waals surface area (Å²) >= 11 is 0. The topological polar surface area (TPSA) is 50.5 Å². The highest BCUT2D eigenvalue weighted by Crippen LogP contribution is 2.12. The lowest BCUT2D eigenvalue weighted by molar-refractivity contribution is 0.0293. The van der Waals surface area contributed by atoms with Gasteiger partial charge in [0.15, 0.2) is 0 Å². The molecule has 3 atom stereocenters. The summed E-state index contributed by atoms with van der Waals surface area (Å²) in [5, 5.41) is 18.5. The molecule has 4 heteroatoms. The Morgan fingerprint density at radius 3 is 2.06 bits per heavy atom. The third kappa shape index (κ3) is 3.18. The molecule has 0 bridgehead atoms. The van der Waals surface area contributed by atoms with Crippen molar-refractivity contribution < 1.29 is 5.11 Å². The van der Waals surface area contributed by atoms with Gasteiger partial charge in [-0.1, -0.05) is 6.92 Å². The molecule has 1 fully saturated rings. The normalized spacial score (nSPS) is 24.7. The first-order chi connectivity index (χ1) is 7.60. The van der Waals surface area contributed by atoms with E-state index in [4.69, 9.17) is 5.26 Å². The minimum Gasteiger partial charge on any atom is -0.392 e. The number of hydrogen-bond donors (Lipinski definition) is 1. The first-order valence-corrected chi connectivity index (χ1v) is 6.16. The molecule has 4 nitrogen and oxygen atoms in total. The van der Waals surface area contributed by atoms with E-state index in [-0.39, 0.29) is 18.2 Å². The van der Waals surface area contributed by atoms with Gasteiger partial charge in [0.25, 0.3) is 0 Å². The van der Waals surface area contributed by atoms with Crippen LogP contribution in [0.5, 0.6) is 0 Å². The lowest BCUT2D eigenvalue weighted by Gasteiger charge is -2.40. The Morgan fingerprint density at radius 2 is 1.69 bits per heavy atom. The van der Waals surface area contributed by atoms with Gasteiger partial charge in [0, 0.05) is 32.2 Å². The standard InChI is InChI=1S/C12H23N3O/c1-4-12(9-13)15-7-5-14(6-8-15)10(2)11(3)16/h10-12,16H,4-8H2,1-3H3. The van der Waals surface area contributed by atoms with Crippen molar-refractivity contribution in [2.24, 2.45) is 0 Å². The summed E-state index contributed by atoms with van der Waals surface area (Å²) in [6.45, 7) is 9.71. The van der Waals surface area contributed by atoms with Gasteiger partial charge in [0.2, 0.25) is 0 Å². The molecule has 0 aromatic rings. The Balaban J connectivity index is 2.42. The van der Waals surface area contributed by atoms with Crippen molar-refractivity contribution in [3.05, 3.63) is 0 Å². The quantitative estimate of drug-likeness (QED) is 0.764. The van der Waals surface area contributed by atoms with E-state index in [2.05, 4.69) is 29.7 Å². The van der Waals surface area contributed by atoms with E-state index in [1.165, 1.54) is 0 Å². The third-order valence-electron chi connectivity index (χ3n) is 3.60. The van der Waals surface area contributed by atoms with Crippen molar-refractivity contribution in [3.63, 3.8) is 0 Å². The van der Waals surface area contributed by atoms with Crippen LogP contribution in [-0.4, -0.2) is 59.3 Å². The van der Waals surface area contributed by atoms with Gasteiger partial charge >= 0.3 is 0 Å². The summed E-state index contributed by atoms with van der Waals surface area (Å²) in [7, 11) is 0. The monoisotopic (exact) mass is 225 g/mol. The Morgan fingerprint density at radius 1 is 1.19 bits per heavy atom. The minimum absolute atomic E-state index is 0.0593. The molecule has 1 heterocycles. The number of nitrogens with zero attached hydrogens (tertiary/aromatic N) is 3. The van der Waals surface area contributed by atoms with Crippen LogP contribution in [0.3, 0.4) is 0 Å². The van der Waals surface area contributed by atoms with Crippen LogP contribution >= 0.6 is 0 Å². The lowest BCUT2D eigenvalue weighted by Crippen LogP contribution is -2.54. The van der Waals surface area contributed by atoms with Gasteiger partial charge in [-0.05, 0) is 20.3 Å². The molecule has 3 unspecified atom stereocenters. The Bertz CT molecular complexity index is 241. The lowest BCUT2D eigenvalue weighted by atomic mass is 10.1. The zero-order valence-corrected chi connectivity index (χ0v) is 10.6. The van der Waals surface area contributed by atoms with Gasteiger partial charge in [-0.15, -0.1) is 0 Å². The second kappa shape index (κ2) is 6.19. The van der Waals surface area contributed by atoms with Gasteiger partial charge in [-0.2, -0.15) is 5.26 Å². The van der Waals surface area contributed by atoms with Crippen LogP contribution in [0.25, 0.3) is 0 Å². The molecule has 0 aromatic heterocycles. The fourth-order valence-corrected chi connectivity index (χ4v) is 2.19. The maximum atomic E-state index is 9.53. The molecule has 0 saturated carbocycles. The summed E-state index contributed by atoms with van der Waals surface area (Å²) in [6, 6.07) is 2.62.